The highest BCUT2D eigenvalue weighted by Gasteiger charge is 2.33. The second kappa shape index (κ2) is 9.80. The number of halogens is 2. The van der Waals surface area contributed by atoms with Crippen molar-refractivity contribution in [3.63, 3.8) is 0 Å². The van der Waals surface area contributed by atoms with Gasteiger partial charge in [-0.1, -0.05) is 25.0 Å². The predicted molar refractivity (Wildman–Crippen MR) is 102 cm³/mol. The summed E-state index contributed by atoms with van der Waals surface area (Å²) >= 11 is 0. The van der Waals surface area contributed by atoms with Gasteiger partial charge < -0.3 is 14.7 Å². The molecule has 0 saturated carbocycles. The molecule has 0 aromatic heterocycles. The van der Waals surface area contributed by atoms with E-state index in [9.17, 15) is 13.9 Å². The molecule has 2 aliphatic heterocycles. The van der Waals surface area contributed by atoms with Crippen molar-refractivity contribution in [1.29, 1.82) is 0 Å². The molecule has 1 atom stereocenters. The first-order valence-corrected chi connectivity index (χ1v) is 10.2. The average Bonchev–Trinajstić information content (AvgIpc) is 2.91. The molecule has 2 aliphatic rings. The second-order valence-corrected chi connectivity index (χ2v) is 7.96. The molecule has 1 N–H and O–H groups in total. The minimum atomic E-state index is -2.51. The van der Waals surface area contributed by atoms with Crippen molar-refractivity contribution in [2.45, 2.75) is 57.1 Å². The average molecular weight is 382 g/mol. The van der Waals surface area contributed by atoms with Crippen LogP contribution in [0.2, 0.25) is 0 Å². The number of hydrogen-bond acceptors (Lipinski definition) is 4. The van der Waals surface area contributed by atoms with Gasteiger partial charge >= 0.3 is 0 Å². The lowest BCUT2D eigenvalue weighted by molar-refractivity contribution is -0.0566. The number of aliphatic hydroxyl groups is 1. The molecule has 0 amide bonds. The summed E-state index contributed by atoms with van der Waals surface area (Å²) in [6.07, 6.45) is 4.35. The van der Waals surface area contributed by atoms with Crippen molar-refractivity contribution < 1.29 is 18.6 Å². The number of likely N-dealkylation sites (tertiary alicyclic amines) is 2. The van der Waals surface area contributed by atoms with Gasteiger partial charge in [0.05, 0.1) is 0 Å². The smallest absolute Gasteiger partial charge is 0.250 e. The standard InChI is InChI=1S/C21H32F2N2O2/c22-21(23)8-12-25(13-9-21)15-18-6-5-7-20(14-18)27-17-19(26)16-24-10-3-1-2-4-11-24/h5-7,14,19,26H,1-4,8-13,15-17H2/t19-/m1/s1. The van der Waals surface area contributed by atoms with Crippen LogP contribution in [-0.4, -0.2) is 66.3 Å². The van der Waals surface area contributed by atoms with E-state index in [2.05, 4.69) is 9.80 Å². The van der Waals surface area contributed by atoms with E-state index in [0.29, 0.717) is 26.2 Å². The molecule has 27 heavy (non-hydrogen) atoms. The number of nitrogens with zero attached hydrogens (tertiary/aromatic N) is 2. The molecule has 3 rings (SSSR count). The third kappa shape index (κ3) is 7.01. The van der Waals surface area contributed by atoms with E-state index in [-0.39, 0.29) is 19.4 Å². The summed E-state index contributed by atoms with van der Waals surface area (Å²) in [5.74, 6) is -1.78. The number of ether oxygens (including phenoxy) is 1. The lowest BCUT2D eigenvalue weighted by atomic mass is 10.1. The SMILES string of the molecule is O[C@@H](COc1cccc(CN2CCC(F)(F)CC2)c1)CN1CCCCCC1. The monoisotopic (exact) mass is 382 g/mol. The number of aliphatic hydroxyl groups excluding tert-OH is 1. The first-order chi connectivity index (χ1) is 13.0. The van der Waals surface area contributed by atoms with Gasteiger partial charge in [-0.25, -0.2) is 8.78 Å². The van der Waals surface area contributed by atoms with Gasteiger partial charge in [0.15, 0.2) is 0 Å². The third-order valence-corrected chi connectivity index (χ3v) is 5.50. The first-order valence-electron chi connectivity index (χ1n) is 10.2. The highest BCUT2D eigenvalue weighted by atomic mass is 19.3. The summed E-state index contributed by atoms with van der Waals surface area (Å²) < 4.78 is 32.3. The molecule has 0 aliphatic carbocycles. The van der Waals surface area contributed by atoms with Crippen molar-refractivity contribution in [3.05, 3.63) is 29.8 Å². The maximum Gasteiger partial charge on any atom is 0.250 e. The Morgan fingerprint density at radius 3 is 2.41 bits per heavy atom. The van der Waals surface area contributed by atoms with E-state index >= 15 is 0 Å². The van der Waals surface area contributed by atoms with Crippen LogP contribution in [0.1, 0.15) is 44.1 Å². The van der Waals surface area contributed by atoms with Crippen LogP contribution >= 0.6 is 0 Å². The number of rotatable bonds is 7. The molecule has 0 spiro atoms. The molecule has 1 aromatic rings. The van der Waals surface area contributed by atoms with E-state index in [0.717, 1.165) is 24.4 Å². The maximum atomic E-state index is 13.3. The summed E-state index contributed by atoms with van der Waals surface area (Å²) in [6, 6.07) is 7.75. The number of benzene rings is 1. The van der Waals surface area contributed by atoms with Gasteiger partial charge in [-0.05, 0) is 43.6 Å². The zero-order valence-electron chi connectivity index (χ0n) is 16.1. The van der Waals surface area contributed by atoms with Crippen molar-refractivity contribution in [2.24, 2.45) is 0 Å². The quantitative estimate of drug-likeness (QED) is 0.783. The number of β-amino-alcohol motifs (C(OH)–C–C–N with tert-alkyl or cyclic N) is 1. The summed E-state index contributed by atoms with van der Waals surface area (Å²) in [7, 11) is 0. The molecule has 4 nitrogen and oxygen atoms in total. The Bertz CT molecular complexity index is 567. The molecule has 2 heterocycles. The Morgan fingerprint density at radius 1 is 1.00 bits per heavy atom. The Balaban J connectivity index is 1.43. The first kappa shape index (κ1) is 20.5. The fraction of sp³-hybridized carbons (Fsp3) is 0.714. The zero-order chi connectivity index (χ0) is 19.1. The molecular weight excluding hydrogens is 350 g/mol. The van der Waals surface area contributed by atoms with Gasteiger partial charge in [0.25, 0.3) is 5.92 Å². The lowest BCUT2D eigenvalue weighted by Gasteiger charge is -2.31. The Morgan fingerprint density at radius 2 is 1.70 bits per heavy atom. The van der Waals surface area contributed by atoms with Gasteiger partial charge in [0, 0.05) is 39.0 Å². The Labute approximate surface area is 161 Å². The topological polar surface area (TPSA) is 35.9 Å². The van der Waals surface area contributed by atoms with Gasteiger partial charge in [-0.15, -0.1) is 0 Å². The fourth-order valence-electron chi connectivity index (χ4n) is 3.89. The van der Waals surface area contributed by atoms with Crippen LogP contribution in [0.25, 0.3) is 0 Å². The second-order valence-electron chi connectivity index (χ2n) is 7.96. The molecule has 6 heteroatoms. The summed E-state index contributed by atoms with van der Waals surface area (Å²) in [4.78, 5) is 4.38. The van der Waals surface area contributed by atoms with Crippen LogP contribution in [-0.2, 0) is 6.54 Å². The van der Waals surface area contributed by atoms with E-state index in [1.807, 2.05) is 24.3 Å². The van der Waals surface area contributed by atoms with Gasteiger partial charge in [-0.2, -0.15) is 0 Å². The number of alkyl halides is 2. The van der Waals surface area contributed by atoms with Gasteiger partial charge in [0.2, 0.25) is 0 Å². The van der Waals surface area contributed by atoms with E-state index in [1.165, 1.54) is 25.7 Å². The minimum Gasteiger partial charge on any atom is -0.491 e. The molecular formula is C21H32F2N2O2. The normalized spacial score (nSPS) is 22.9. The van der Waals surface area contributed by atoms with Crippen molar-refractivity contribution >= 4 is 0 Å². The molecule has 2 saturated heterocycles. The van der Waals surface area contributed by atoms with Crippen molar-refractivity contribution in [1.82, 2.24) is 9.80 Å². The molecule has 0 unspecified atom stereocenters. The van der Waals surface area contributed by atoms with Gasteiger partial charge in [0.1, 0.15) is 18.5 Å². The van der Waals surface area contributed by atoms with E-state index < -0.39 is 12.0 Å². The fourth-order valence-corrected chi connectivity index (χ4v) is 3.89. The van der Waals surface area contributed by atoms with Crippen LogP contribution in [0.4, 0.5) is 8.78 Å². The van der Waals surface area contributed by atoms with E-state index in [1.54, 1.807) is 0 Å². The summed E-state index contributed by atoms with van der Waals surface area (Å²) in [5.41, 5.74) is 1.06. The van der Waals surface area contributed by atoms with Crippen LogP contribution in [0.3, 0.4) is 0 Å². The molecule has 2 fully saturated rings. The number of hydrogen-bond donors (Lipinski definition) is 1. The predicted octanol–water partition coefficient (Wildman–Crippen LogP) is 3.53. The molecule has 1 aromatic carbocycles. The highest BCUT2D eigenvalue weighted by molar-refractivity contribution is 5.28. The van der Waals surface area contributed by atoms with E-state index in [4.69, 9.17) is 4.74 Å². The Hall–Kier alpha value is -1.24. The van der Waals surface area contributed by atoms with Crippen LogP contribution < -0.4 is 4.74 Å². The molecule has 0 radical (unpaired) electrons. The Kier molecular flexibility index (Phi) is 7.44. The third-order valence-electron chi connectivity index (χ3n) is 5.50. The van der Waals surface area contributed by atoms with Crippen molar-refractivity contribution in [2.75, 3.05) is 39.3 Å². The van der Waals surface area contributed by atoms with Crippen molar-refractivity contribution in [3.8, 4) is 5.75 Å². The minimum absolute atomic E-state index is 0.0636. The zero-order valence-corrected chi connectivity index (χ0v) is 16.1. The van der Waals surface area contributed by atoms with Gasteiger partial charge in [-0.3, -0.25) is 4.90 Å². The summed E-state index contributed by atoms with van der Waals surface area (Å²) in [6.45, 7) is 4.54. The lowest BCUT2D eigenvalue weighted by Crippen LogP contribution is -2.38. The molecule has 0 bridgehead atoms. The van der Waals surface area contributed by atoms with Crippen LogP contribution in [0.5, 0.6) is 5.75 Å². The summed E-state index contributed by atoms with van der Waals surface area (Å²) in [5, 5.41) is 10.3. The molecule has 152 valence electrons. The maximum absolute atomic E-state index is 13.3. The largest absolute Gasteiger partial charge is 0.491 e. The number of piperidine rings is 1. The van der Waals surface area contributed by atoms with Crippen LogP contribution in [0, 0.1) is 0 Å². The van der Waals surface area contributed by atoms with Crippen LogP contribution in [0.15, 0.2) is 24.3 Å². The highest BCUT2D eigenvalue weighted by Crippen LogP contribution is 2.28.